The van der Waals surface area contributed by atoms with Crippen molar-refractivity contribution in [2.45, 2.75) is 229 Å². The van der Waals surface area contributed by atoms with Crippen LogP contribution in [0.15, 0.2) is 12.7 Å². The SMILES string of the molecule is C=CCO[C@@H]1OC(CO)[C@H](O)C(O[C@@H]2OC(CO)[C@H](O[C@@H]3OC(CO)[C@H](O)C(O[C@@H]4OC(CO)[C@H](O[C@@H]5OC(CO)[C@H](O)C(O)C5O[C@@H]5OC(C)[C@@H](O)C(O)C5O)C(O[C@@H]5OC(C)[C@@H](O)C(O)C5O)C4[NH-])C3O)C(O)C2[NH-])C1O.[Ac].[Ac]. The minimum Gasteiger partial charge on any atom is -0.668 e. The molecule has 7 rings (SSSR count). The average molecular weight is 1610 g/mol. The third-order valence-corrected chi connectivity index (χ3v) is 14.9. The van der Waals surface area contributed by atoms with Gasteiger partial charge in [0.2, 0.25) is 0 Å². The van der Waals surface area contributed by atoms with E-state index in [0.29, 0.717) is 0 Å². The molecule has 35 atom stereocenters. The van der Waals surface area contributed by atoms with Gasteiger partial charge in [-0.3, -0.25) is 0 Å². The fraction of sp³-hybridized carbons (Fsp3) is 0.956. The molecule has 36 heteroatoms. The van der Waals surface area contributed by atoms with Gasteiger partial charge in [-0.25, -0.2) is 0 Å². The number of hydrogen-bond donors (Lipinski definition) is 18. The van der Waals surface area contributed by atoms with Gasteiger partial charge in [-0.2, -0.15) is 0 Å². The Balaban J connectivity index is 0.00000602. The van der Waals surface area contributed by atoms with Gasteiger partial charge in [-0.15, -0.1) is 6.58 Å². The Morgan fingerprint density at radius 3 is 1.17 bits per heavy atom. The van der Waals surface area contributed by atoms with Crippen molar-refractivity contribution in [2.75, 3.05) is 39.6 Å². The van der Waals surface area contributed by atoms with Crippen LogP contribution in [0.1, 0.15) is 13.8 Å². The van der Waals surface area contributed by atoms with E-state index >= 15 is 0 Å². The van der Waals surface area contributed by atoms with Crippen LogP contribution in [0.25, 0.3) is 11.5 Å². The van der Waals surface area contributed by atoms with Crippen LogP contribution in [0.2, 0.25) is 0 Å². The zero-order chi connectivity index (χ0) is 58.1. The zero-order valence-corrected chi connectivity index (χ0v) is 53.1. The van der Waals surface area contributed by atoms with Crippen LogP contribution in [0.4, 0.5) is 0 Å². The van der Waals surface area contributed by atoms with Gasteiger partial charge in [-0.1, -0.05) is 18.2 Å². The van der Waals surface area contributed by atoms with Crippen LogP contribution in [-0.2, 0) is 66.3 Å². The summed E-state index contributed by atoms with van der Waals surface area (Å²) in [6.07, 6.45) is -59.1. The number of hydrogen-bond acceptors (Lipinski definition) is 32. The van der Waals surface area contributed by atoms with E-state index < -0.39 is 248 Å². The molecule has 7 heterocycles. The summed E-state index contributed by atoms with van der Waals surface area (Å²) in [5.74, 6) is 0. The molecular formula is C45H76Ac2N2O32-2. The molecule has 81 heavy (non-hydrogen) atoms. The Bertz CT molecular complexity index is 1890. The first-order valence-corrected chi connectivity index (χ1v) is 25.5. The fourth-order valence-corrected chi connectivity index (χ4v) is 10.2. The summed E-state index contributed by atoms with van der Waals surface area (Å²) < 4.78 is 80.9. The molecule has 34 nitrogen and oxygen atoms in total. The predicted octanol–water partition coefficient (Wildman–Crippen LogP) is -10.9. The maximum Gasteiger partial charge on any atom is 0.187 e. The third kappa shape index (κ3) is 15.9. The topological polar surface area (TPSA) is 541 Å². The van der Waals surface area contributed by atoms with Gasteiger partial charge >= 0.3 is 0 Å². The summed E-state index contributed by atoms with van der Waals surface area (Å²) in [5, 5.41) is 194. The first kappa shape index (κ1) is 73.0. The Kier molecular flexibility index (Phi) is 29.1. The van der Waals surface area contributed by atoms with Gasteiger partial charge < -0.3 is 170 Å². The summed E-state index contributed by atoms with van der Waals surface area (Å²) in [6.45, 7) is 1.10. The maximum atomic E-state index is 11.8. The number of rotatable bonds is 20. The monoisotopic (exact) mass is 1610 g/mol. The molecule has 2 radical (unpaired) electrons. The summed E-state index contributed by atoms with van der Waals surface area (Å²) >= 11 is 0. The minimum atomic E-state index is -2.23. The van der Waals surface area contributed by atoms with Gasteiger partial charge in [-0.05, 0) is 13.8 Å². The molecule has 0 aromatic heterocycles. The maximum absolute atomic E-state index is 11.8. The van der Waals surface area contributed by atoms with Crippen molar-refractivity contribution in [1.82, 2.24) is 0 Å². The molecule has 0 amide bonds. The van der Waals surface area contributed by atoms with E-state index in [-0.39, 0.29) is 94.7 Å². The molecule has 7 saturated heterocycles. The Labute approximate surface area is 534 Å². The molecule has 7 fully saturated rings. The molecule has 0 aliphatic carbocycles. The molecule has 0 aromatic rings. The Morgan fingerprint density at radius 2 is 0.691 bits per heavy atom. The van der Waals surface area contributed by atoms with E-state index in [1.807, 2.05) is 0 Å². The molecular weight excluding hydrogens is 1530 g/mol. The standard InChI is InChI=1S/C45H76N2O32.2Ac/c1-4-5-66-41-31(64)36(23(56)14(7-49)69-41)77-39-18(46)25(58)33(16(9-51)72-39)74-44-32(65)37(24(57)15(8-50)70-44)78-40-19(47)35(76-42-29(62)26(59)20(53)11(2)67-42)34(17(10-52)73-40)75-45-38(28(61)22(55)13(6-48)71-45)79-43-30(63)27(60)21(54)12(3)68-43;;/h4,11-65H,1,5-10H2,2-3H3;;/q-2;;/t11?,12?,13?,14?,15?,16?,17?,18?,19?,20-,21-,22+,23+,24+,25?,26?,27?,28?,29?,30?,31?,32?,33+,34+,35?,36?,37?,38?,39+,40+,41-,42+,43+,44+,45+;;/m1../s1. The van der Waals surface area contributed by atoms with E-state index in [1.165, 1.54) is 19.9 Å². The largest absolute Gasteiger partial charge is 0.668 e. The normalized spacial score (nSPS) is 51.6. The van der Waals surface area contributed by atoms with Crippen LogP contribution >= 0.6 is 0 Å². The van der Waals surface area contributed by atoms with Crippen molar-refractivity contribution < 1.29 is 246 Å². The van der Waals surface area contributed by atoms with Gasteiger partial charge in [0.1, 0.15) is 147 Å². The van der Waals surface area contributed by atoms with Crippen LogP contribution in [0.3, 0.4) is 0 Å². The van der Waals surface area contributed by atoms with Crippen molar-refractivity contribution in [3.05, 3.63) is 24.1 Å². The van der Waals surface area contributed by atoms with E-state index in [9.17, 15) is 97.7 Å². The second-order valence-electron chi connectivity index (χ2n) is 20.2. The number of aliphatic hydroxyl groups excluding tert-OH is 18. The van der Waals surface area contributed by atoms with Gasteiger partial charge in [0.05, 0.1) is 64.1 Å². The molecule has 0 aromatic carbocycles. The molecule has 7 aliphatic heterocycles. The second kappa shape index (κ2) is 32.3. The van der Waals surface area contributed by atoms with Gasteiger partial charge in [0.25, 0.3) is 0 Å². The zero-order valence-electron chi connectivity index (χ0n) is 43.7. The van der Waals surface area contributed by atoms with E-state index in [4.69, 9.17) is 72.0 Å². The number of ether oxygens (including phenoxy) is 14. The molecule has 21 unspecified atom stereocenters. The molecule has 0 saturated carbocycles. The second-order valence-corrected chi connectivity index (χ2v) is 20.2. The van der Waals surface area contributed by atoms with Crippen molar-refractivity contribution in [3.8, 4) is 0 Å². The van der Waals surface area contributed by atoms with Crippen molar-refractivity contribution in [1.29, 1.82) is 0 Å². The Morgan fingerprint density at radius 1 is 0.333 bits per heavy atom. The van der Waals surface area contributed by atoms with Crippen LogP contribution < -0.4 is 0 Å². The van der Waals surface area contributed by atoms with Gasteiger partial charge in [0, 0.05) is 88.1 Å². The summed E-state index contributed by atoms with van der Waals surface area (Å²) in [5.41, 5.74) is 18.3. The first-order valence-electron chi connectivity index (χ1n) is 25.5. The van der Waals surface area contributed by atoms with Crippen LogP contribution in [0.5, 0.6) is 0 Å². The minimum absolute atomic E-state index is 0. The van der Waals surface area contributed by atoms with Crippen molar-refractivity contribution in [2.24, 2.45) is 0 Å². The summed E-state index contributed by atoms with van der Waals surface area (Å²) in [7, 11) is 0. The van der Waals surface area contributed by atoms with E-state index in [0.717, 1.165) is 0 Å². The summed E-state index contributed by atoms with van der Waals surface area (Å²) in [4.78, 5) is 0. The third-order valence-electron chi connectivity index (χ3n) is 14.9. The predicted molar refractivity (Wildman–Crippen MR) is 247 cm³/mol. The number of nitrogens with one attached hydrogen (secondary N) is 2. The molecule has 7 aliphatic rings. The van der Waals surface area contributed by atoms with Crippen molar-refractivity contribution >= 4 is 0 Å². The average Bonchev–Trinajstić information content (AvgIpc) is 3.43. The van der Waals surface area contributed by atoms with E-state index in [1.54, 1.807) is 0 Å². The first-order chi connectivity index (χ1) is 37.5. The Hall–Kier alpha value is 1.26. The number of aliphatic hydroxyl groups is 18. The fourth-order valence-electron chi connectivity index (χ4n) is 10.2. The molecule has 0 spiro atoms. The van der Waals surface area contributed by atoms with Gasteiger partial charge in [0.15, 0.2) is 31.5 Å². The van der Waals surface area contributed by atoms with Crippen LogP contribution in [0, 0.1) is 88.1 Å². The summed E-state index contributed by atoms with van der Waals surface area (Å²) in [6, 6.07) is -3.98. The van der Waals surface area contributed by atoms with Crippen LogP contribution in [-0.4, -0.2) is 346 Å². The van der Waals surface area contributed by atoms with E-state index in [2.05, 4.69) is 6.58 Å². The quantitative estimate of drug-likeness (QED) is 0.0503. The molecule has 466 valence electrons. The molecule has 20 N–H and O–H groups in total. The smallest absolute Gasteiger partial charge is 0.187 e. The van der Waals surface area contributed by atoms with Crippen molar-refractivity contribution in [3.63, 3.8) is 0 Å². The molecule has 0 bridgehead atoms.